The number of hydrogen-bond donors (Lipinski definition) is 1. The van der Waals surface area contributed by atoms with E-state index in [1.165, 1.54) is 0 Å². The van der Waals surface area contributed by atoms with Crippen molar-refractivity contribution in [3.05, 3.63) is 24.3 Å². The van der Waals surface area contributed by atoms with Gasteiger partial charge in [0.15, 0.2) is 0 Å². The first-order chi connectivity index (χ1) is 6.22. The van der Waals surface area contributed by atoms with E-state index in [0.717, 1.165) is 10.6 Å². The van der Waals surface area contributed by atoms with Gasteiger partial charge in [-0.05, 0) is 25.1 Å². The highest BCUT2D eigenvalue weighted by Crippen LogP contribution is 2.23. The zero-order chi connectivity index (χ0) is 9.68. The smallest absolute Gasteiger partial charge is 0.119 e. The lowest BCUT2D eigenvalue weighted by Gasteiger charge is -2.05. The predicted molar refractivity (Wildman–Crippen MR) is 55.4 cm³/mol. The summed E-state index contributed by atoms with van der Waals surface area (Å²) in [6.07, 6.45) is -0.267. The summed E-state index contributed by atoms with van der Waals surface area (Å²) in [5, 5.41) is 9.09. The third-order valence-corrected chi connectivity index (χ3v) is 2.77. The van der Waals surface area contributed by atoms with Crippen LogP contribution >= 0.6 is 11.8 Å². The van der Waals surface area contributed by atoms with E-state index in [1.54, 1.807) is 25.8 Å². The van der Waals surface area contributed by atoms with Crippen LogP contribution in [0.25, 0.3) is 0 Å². The molecule has 0 heterocycles. The van der Waals surface area contributed by atoms with Gasteiger partial charge in [-0.15, -0.1) is 11.8 Å². The fraction of sp³-hybridized carbons (Fsp3) is 0.400. The number of methoxy groups -OCH3 is 1. The Morgan fingerprint density at radius 1 is 1.54 bits per heavy atom. The van der Waals surface area contributed by atoms with Crippen LogP contribution in [0.15, 0.2) is 29.2 Å². The Kier molecular flexibility index (Phi) is 4.12. The van der Waals surface area contributed by atoms with Crippen LogP contribution in [0, 0.1) is 0 Å². The van der Waals surface area contributed by atoms with Crippen molar-refractivity contribution in [2.45, 2.75) is 17.9 Å². The fourth-order valence-corrected chi connectivity index (χ4v) is 1.72. The molecule has 3 heteroatoms. The summed E-state index contributed by atoms with van der Waals surface area (Å²) in [4.78, 5) is 1.13. The zero-order valence-electron chi connectivity index (χ0n) is 7.86. The molecule has 0 spiro atoms. The van der Waals surface area contributed by atoms with Gasteiger partial charge in [0.25, 0.3) is 0 Å². The molecule has 0 aromatic heterocycles. The van der Waals surface area contributed by atoms with Crippen LogP contribution in [0.1, 0.15) is 6.92 Å². The van der Waals surface area contributed by atoms with Crippen molar-refractivity contribution >= 4 is 11.8 Å². The Hall–Kier alpha value is -0.670. The molecule has 13 heavy (non-hydrogen) atoms. The number of ether oxygens (including phenoxy) is 1. The molecule has 1 rings (SSSR count). The third kappa shape index (κ3) is 3.70. The highest BCUT2D eigenvalue weighted by Gasteiger charge is 1.99. The van der Waals surface area contributed by atoms with E-state index in [9.17, 15) is 0 Å². The molecule has 1 aromatic carbocycles. The molecule has 0 saturated carbocycles. The second-order valence-electron chi connectivity index (χ2n) is 2.84. The lowest BCUT2D eigenvalue weighted by atomic mass is 10.3. The molecule has 72 valence electrons. The van der Waals surface area contributed by atoms with E-state index in [2.05, 4.69) is 0 Å². The molecule has 0 radical (unpaired) electrons. The van der Waals surface area contributed by atoms with Crippen LogP contribution in [0.5, 0.6) is 5.75 Å². The van der Waals surface area contributed by atoms with Crippen LogP contribution in [0.3, 0.4) is 0 Å². The summed E-state index contributed by atoms with van der Waals surface area (Å²) in [6, 6.07) is 7.83. The Balaban J connectivity index is 2.56. The van der Waals surface area contributed by atoms with Gasteiger partial charge in [0.05, 0.1) is 13.2 Å². The average molecular weight is 198 g/mol. The molecule has 0 aliphatic rings. The summed E-state index contributed by atoms with van der Waals surface area (Å²) in [5.74, 6) is 1.57. The molecule has 1 N–H and O–H groups in total. The third-order valence-electron chi connectivity index (χ3n) is 1.53. The maximum atomic E-state index is 9.09. The molecule has 1 atom stereocenters. The summed E-state index contributed by atoms with van der Waals surface area (Å²) in [5.41, 5.74) is 0. The first kappa shape index (κ1) is 10.4. The Morgan fingerprint density at radius 3 is 2.92 bits per heavy atom. The largest absolute Gasteiger partial charge is 0.497 e. The van der Waals surface area contributed by atoms with Crippen LogP contribution in [-0.2, 0) is 0 Å². The highest BCUT2D eigenvalue weighted by molar-refractivity contribution is 7.99. The Morgan fingerprint density at radius 2 is 2.31 bits per heavy atom. The number of benzene rings is 1. The van der Waals surface area contributed by atoms with Crippen molar-refractivity contribution in [1.29, 1.82) is 0 Å². The Bertz CT molecular complexity index is 261. The number of rotatable bonds is 4. The first-order valence-electron chi connectivity index (χ1n) is 4.17. The van der Waals surface area contributed by atoms with Crippen LogP contribution in [0.2, 0.25) is 0 Å². The summed E-state index contributed by atoms with van der Waals surface area (Å²) in [6.45, 7) is 1.78. The predicted octanol–water partition coefficient (Wildman–Crippen LogP) is 2.17. The summed E-state index contributed by atoms with van der Waals surface area (Å²) in [7, 11) is 1.65. The number of aliphatic hydroxyl groups excluding tert-OH is 1. The maximum Gasteiger partial charge on any atom is 0.119 e. The van der Waals surface area contributed by atoms with E-state index in [0.29, 0.717) is 5.75 Å². The minimum Gasteiger partial charge on any atom is -0.497 e. The first-order valence-corrected chi connectivity index (χ1v) is 5.16. The topological polar surface area (TPSA) is 29.5 Å². The monoisotopic (exact) mass is 198 g/mol. The Labute approximate surface area is 82.9 Å². The molecule has 0 saturated heterocycles. The minimum absolute atomic E-state index is 0.267. The summed E-state index contributed by atoms with van der Waals surface area (Å²) >= 11 is 1.63. The van der Waals surface area contributed by atoms with Gasteiger partial charge in [0.2, 0.25) is 0 Å². The van der Waals surface area contributed by atoms with Gasteiger partial charge in [-0.2, -0.15) is 0 Å². The lowest BCUT2D eigenvalue weighted by Crippen LogP contribution is -2.02. The molecule has 0 fully saturated rings. The van der Waals surface area contributed by atoms with Crippen molar-refractivity contribution in [2.75, 3.05) is 12.9 Å². The van der Waals surface area contributed by atoms with Crippen molar-refractivity contribution < 1.29 is 9.84 Å². The second kappa shape index (κ2) is 5.14. The normalized spacial score (nSPS) is 12.5. The summed E-state index contributed by atoms with van der Waals surface area (Å²) < 4.78 is 5.09. The van der Waals surface area contributed by atoms with Crippen LogP contribution in [0.4, 0.5) is 0 Å². The molecule has 1 aromatic rings. The van der Waals surface area contributed by atoms with E-state index in [4.69, 9.17) is 9.84 Å². The van der Waals surface area contributed by atoms with Gasteiger partial charge in [-0.1, -0.05) is 6.07 Å². The molecular weight excluding hydrogens is 184 g/mol. The SMILES string of the molecule is COc1cccc(SCC(C)O)c1. The number of thioether (sulfide) groups is 1. The maximum absolute atomic E-state index is 9.09. The molecule has 0 aliphatic heterocycles. The van der Waals surface area contributed by atoms with Gasteiger partial charge < -0.3 is 9.84 Å². The van der Waals surface area contributed by atoms with Crippen molar-refractivity contribution in [3.8, 4) is 5.75 Å². The quantitative estimate of drug-likeness (QED) is 0.752. The lowest BCUT2D eigenvalue weighted by molar-refractivity contribution is 0.220. The molecule has 0 aliphatic carbocycles. The van der Waals surface area contributed by atoms with Gasteiger partial charge in [0, 0.05) is 10.6 Å². The van der Waals surface area contributed by atoms with Crippen LogP contribution < -0.4 is 4.74 Å². The van der Waals surface area contributed by atoms with Crippen molar-refractivity contribution in [1.82, 2.24) is 0 Å². The number of hydrogen-bond acceptors (Lipinski definition) is 3. The van der Waals surface area contributed by atoms with Crippen LogP contribution in [-0.4, -0.2) is 24.1 Å². The van der Waals surface area contributed by atoms with E-state index in [1.807, 2.05) is 24.3 Å². The van der Waals surface area contributed by atoms with Crippen molar-refractivity contribution in [2.24, 2.45) is 0 Å². The van der Waals surface area contributed by atoms with Crippen molar-refractivity contribution in [3.63, 3.8) is 0 Å². The van der Waals surface area contributed by atoms with Gasteiger partial charge in [-0.3, -0.25) is 0 Å². The molecular formula is C10H14O2S. The zero-order valence-corrected chi connectivity index (χ0v) is 8.67. The molecule has 2 nitrogen and oxygen atoms in total. The highest BCUT2D eigenvalue weighted by atomic mass is 32.2. The van der Waals surface area contributed by atoms with Gasteiger partial charge in [0.1, 0.15) is 5.75 Å². The molecule has 0 amide bonds. The van der Waals surface area contributed by atoms with E-state index in [-0.39, 0.29) is 6.10 Å². The molecule has 0 bridgehead atoms. The standard InChI is InChI=1S/C10H14O2S/c1-8(11)7-13-10-5-3-4-9(6-10)12-2/h3-6,8,11H,7H2,1-2H3. The second-order valence-corrected chi connectivity index (χ2v) is 3.93. The van der Waals surface area contributed by atoms with E-state index < -0.39 is 0 Å². The van der Waals surface area contributed by atoms with Gasteiger partial charge in [-0.25, -0.2) is 0 Å². The number of aliphatic hydroxyl groups is 1. The van der Waals surface area contributed by atoms with E-state index >= 15 is 0 Å². The fourth-order valence-electron chi connectivity index (χ4n) is 0.908. The van der Waals surface area contributed by atoms with Gasteiger partial charge >= 0.3 is 0 Å². The average Bonchev–Trinajstić information content (AvgIpc) is 2.15. The minimum atomic E-state index is -0.267. The molecule has 1 unspecified atom stereocenters.